The maximum absolute atomic E-state index is 13.3. The fourth-order valence-electron chi connectivity index (χ4n) is 6.17. The van der Waals surface area contributed by atoms with Gasteiger partial charge in [-0.25, -0.2) is 0 Å². The van der Waals surface area contributed by atoms with Crippen LogP contribution in [0.4, 0.5) is 0 Å². The second kappa shape index (κ2) is 7.47. The summed E-state index contributed by atoms with van der Waals surface area (Å²) < 4.78 is 0. The van der Waals surface area contributed by atoms with Gasteiger partial charge in [-0.15, -0.1) is 0 Å². The van der Waals surface area contributed by atoms with Gasteiger partial charge in [0.25, 0.3) is 0 Å². The van der Waals surface area contributed by atoms with Crippen molar-refractivity contribution >= 4 is 11.7 Å². The van der Waals surface area contributed by atoms with Crippen LogP contribution in [-0.2, 0) is 9.59 Å². The molecule has 2 aliphatic carbocycles. The van der Waals surface area contributed by atoms with Gasteiger partial charge in [-0.3, -0.25) is 9.59 Å². The number of likely N-dealkylation sites (N-methyl/N-ethyl adjacent to an activating group) is 1. The molecule has 0 aromatic carbocycles. The van der Waals surface area contributed by atoms with Crippen LogP contribution in [0.25, 0.3) is 0 Å². The monoisotopic (exact) mass is 375 g/mol. The van der Waals surface area contributed by atoms with Crippen molar-refractivity contribution < 1.29 is 9.59 Å². The molecule has 1 amide bonds. The number of piperidine rings is 1. The van der Waals surface area contributed by atoms with Crippen LogP contribution in [0.3, 0.4) is 0 Å². The SMILES string of the molecule is CC(=O)C12CCC(C(=O)N3CCC(CCN4CCN(C)CC4)CC3)(CC1)C2. The zero-order valence-corrected chi connectivity index (χ0v) is 17.3. The molecule has 2 bridgehead atoms. The number of hydrogen-bond donors (Lipinski definition) is 0. The Labute approximate surface area is 164 Å². The van der Waals surface area contributed by atoms with Gasteiger partial charge in [0.05, 0.1) is 5.41 Å². The van der Waals surface area contributed by atoms with Gasteiger partial charge in [0.1, 0.15) is 5.78 Å². The highest BCUT2D eigenvalue weighted by Gasteiger charge is 2.60. The van der Waals surface area contributed by atoms with E-state index in [9.17, 15) is 9.59 Å². The van der Waals surface area contributed by atoms with E-state index in [0.29, 0.717) is 11.7 Å². The minimum Gasteiger partial charge on any atom is -0.342 e. The number of carbonyl (C=O) groups is 2. The highest BCUT2D eigenvalue weighted by atomic mass is 16.2. The summed E-state index contributed by atoms with van der Waals surface area (Å²) in [5.41, 5.74) is -0.352. The van der Waals surface area contributed by atoms with Crippen molar-refractivity contribution in [1.29, 1.82) is 0 Å². The normalized spacial score (nSPS) is 35.7. The largest absolute Gasteiger partial charge is 0.342 e. The minimum absolute atomic E-state index is 0.156. The lowest BCUT2D eigenvalue weighted by molar-refractivity contribution is -0.143. The first-order chi connectivity index (χ1) is 12.9. The number of hydrogen-bond acceptors (Lipinski definition) is 4. The fourth-order valence-corrected chi connectivity index (χ4v) is 6.17. The third-order valence-electron chi connectivity index (χ3n) is 8.39. The topological polar surface area (TPSA) is 43.9 Å². The van der Waals surface area contributed by atoms with Crippen LogP contribution in [-0.4, -0.2) is 79.3 Å². The molecule has 0 N–H and O–H groups in total. The fraction of sp³-hybridized carbons (Fsp3) is 0.909. The lowest BCUT2D eigenvalue weighted by Crippen LogP contribution is -2.47. The summed E-state index contributed by atoms with van der Waals surface area (Å²) in [6.07, 6.45) is 8.19. The van der Waals surface area contributed by atoms with Crippen LogP contribution in [0.2, 0.25) is 0 Å². The minimum atomic E-state index is -0.196. The van der Waals surface area contributed by atoms with E-state index in [1.165, 1.54) is 39.1 Å². The predicted molar refractivity (Wildman–Crippen MR) is 106 cm³/mol. The Balaban J connectivity index is 1.24. The Morgan fingerprint density at radius 2 is 1.48 bits per heavy atom. The number of Topliss-reactive ketones (excluding diaryl/α,β-unsaturated/α-hetero) is 1. The average Bonchev–Trinajstić information content (AvgIpc) is 3.27. The Hall–Kier alpha value is -0.940. The smallest absolute Gasteiger partial charge is 0.228 e. The summed E-state index contributed by atoms with van der Waals surface area (Å²) in [5.74, 6) is 1.47. The molecule has 4 rings (SSSR count). The van der Waals surface area contributed by atoms with Gasteiger partial charge in [0, 0.05) is 44.7 Å². The molecule has 2 saturated heterocycles. The molecule has 2 saturated carbocycles. The lowest BCUT2D eigenvalue weighted by atomic mass is 9.79. The molecule has 2 heterocycles. The Kier molecular flexibility index (Phi) is 5.36. The Morgan fingerprint density at radius 1 is 0.889 bits per heavy atom. The molecule has 4 aliphatic rings. The van der Waals surface area contributed by atoms with Gasteiger partial charge in [0.15, 0.2) is 0 Å². The maximum atomic E-state index is 13.3. The van der Waals surface area contributed by atoms with Gasteiger partial charge >= 0.3 is 0 Å². The van der Waals surface area contributed by atoms with Crippen molar-refractivity contribution in [2.75, 3.05) is 52.9 Å². The molecule has 2 aliphatic heterocycles. The molecule has 5 nitrogen and oxygen atoms in total. The molecule has 152 valence electrons. The van der Waals surface area contributed by atoms with E-state index in [2.05, 4.69) is 21.7 Å². The van der Waals surface area contributed by atoms with Crippen LogP contribution in [0.5, 0.6) is 0 Å². The van der Waals surface area contributed by atoms with E-state index < -0.39 is 0 Å². The molecule has 0 spiro atoms. The first-order valence-electron chi connectivity index (χ1n) is 11.1. The molecular weight excluding hydrogens is 338 g/mol. The van der Waals surface area contributed by atoms with Crippen molar-refractivity contribution in [1.82, 2.24) is 14.7 Å². The molecule has 0 radical (unpaired) electrons. The van der Waals surface area contributed by atoms with E-state index in [0.717, 1.165) is 64.0 Å². The van der Waals surface area contributed by atoms with E-state index in [-0.39, 0.29) is 10.8 Å². The van der Waals surface area contributed by atoms with E-state index >= 15 is 0 Å². The van der Waals surface area contributed by atoms with Gasteiger partial charge < -0.3 is 14.7 Å². The van der Waals surface area contributed by atoms with Gasteiger partial charge in [-0.05, 0) is 77.8 Å². The molecule has 4 fully saturated rings. The van der Waals surface area contributed by atoms with Crippen molar-refractivity contribution in [3.8, 4) is 0 Å². The van der Waals surface area contributed by atoms with E-state index in [1.807, 2.05) is 0 Å². The summed E-state index contributed by atoms with van der Waals surface area (Å²) in [4.78, 5) is 32.6. The lowest BCUT2D eigenvalue weighted by Gasteiger charge is -2.38. The van der Waals surface area contributed by atoms with E-state index in [4.69, 9.17) is 0 Å². The predicted octanol–water partition coefficient (Wildman–Crippen LogP) is 2.40. The first-order valence-corrected chi connectivity index (χ1v) is 11.1. The maximum Gasteiger partial charge on any atom is 0.228 e. The average molecular weight is 376 g/mol. The Morgan fingerprint density at radius 3 is 2.04 bits per heavy atom. The number of piperazine rings is 1. The molecule has 5 heteroatoms. The van der Waals surface area contributed by atoms with Gasteiger partial charge in [-0.1, -0.05) is 0 Å². The molecule has 27 heavy (non-hydrogen) atoms. The van der Waals surface area contributed by atoms with Crippen molar-refractivity contribution in [3.05, 3.63) is 0 Å². The summed E-state index contributed by atoms with van der Waals surface area (Å²) in [7, 11) is 2.21. The van der Waals surface area contributed by atoms with Crippen molar-refractivity contribution in [2.45, 2.75) is 58.3 Å². The van der Waals surface area contributed by atoms with Crippen LogP contribution in [0, 0.1) is 16.7 Å². The number of nitrogens with zero attached hydrogens (tertiary/aromatic N) is 3. The summed E-state index contributed by atoms with van der Waals surface area (Å²) in [6.45, 7) is 9.60. The molecule has 0 atom stereocenters. The first kappa shape index (κ1) is 19.4. The van der Waals surface area contributed by atoms with Gasteiger partial charge in [-0.2, -0.15) is 0 Å². The molecule has 0 unspecified atom stereocenters. The third kappa shape index (κ3) is 3.69. The zero-order chi connectivity index (χ0) is 19.1. The highest BCUT2D eigenvalue weighted by molar-refractivity contribution is 5.89. The standard InChI is InChI=1S/C22H37N3O2/c1-18(26)21-6-8-22(17-21,9-7-21)20(27)25-11-4-19(5-12-25)3-10-24-15-13-23(2)14-16-24/h19H,3-17H2,1-2H3. The van der Waals surface area contributed by atoms with Crippen LogP contribution < -0.4 is 0 Å². The Bertz CT molecular complexity index is 566. The van der Waals surface area contributed by atoms with Crippen molar-refractivity contribution in [2.24, 2.45) is 16.7 Å². The summed E-state index contributed by atoms with van der Waals surface area (Å²) in [6, 6.07) is 0. The van der Waals surface area contributed by atoms with Crippen LogP contribution in [0.1, 0.15) is 58.3 Å². The van der Waals surface area contributed by atoms with Gasteiger partial charge in [0.2, 0.25) is 5.91 Å². The molecular formula is C22H37N3O2. The van der Waals surface area contributed by atoms with Crippen molar-refractivity contribution in [3.63, 3.8) is 0 Å². The second-order valence-electron chi connectivity index (χ2n) is 9.96. The van der Waals surface area contributed by atoms with Crippen LogP contribution in [0.15, 0.2) is 0 Å². The van der Waals surface area contributed by atoms with E-state index in [1.54, 1.807) is 6.92 Å². The quantitative estimate of drug-likeness (QED) is 0.740. The third-order valence-corrected chi connectivity index (χ3v) is 8.39. The number of carbonyl (C=O) groups excluding carboxylic acids is 2. The summed E-state index contributed by atoms with van der Waals surface area (Å²) in [5, 5.41) is 0. The summed E-state index contributed by atoms with van der Waals surface area (Å²) >= 11 is 0. The number of fused-ring (bicyclic) bond motifs is 2. The number of amides is 1. The second-order valence-corrected chi connectivity index (χ2v) is 9.96. The number of likely N-dealkylation sites (tertiary alicyclic amines) is 1. The highest BCUT2D eigenvalue weighted by Crippen LogP contribution is 2.62. The molecule has 0 aromatic heterocycles. The number of ketones is 1. The number of rotatable bonds is 5. The zero-order valence-electron chi connectivity index (χ0n) is 17.3. The molecule has 0 aromatic rings. The van der Waals surface area contributed by atoms with Crippen LogP contribution >= 0.6 is 0 Å².